The lowest BCUT2D eigenvalue weighted by molar-refractivity contribution is -0.237. The molecule has 0 amide bonds. The van der Waals surface area contributed by atoms with Crippen LogP contribution in [0.2, 0.25) is 0 Å². The Labute approximate surface area is 450 Å². The molecule has 0 spiro atoms. The van der Waals surface area contributed by atoms with Gasteiger partial charge >= 0.3 is 0 Å². The van der Waals surface area contributed by atoms with Crippen LogP contribution in [-0.2, 0) is 5.41 Å². The van der Waals surface area contributed by atoms with Crippen LogP contribution in [0, 0.1) is 139 Å². The largest absolute Gasteiger partial charge is 0.481 e. The minimum absolute atomic E-state index is 0.0397. The molecule has 8 aliphatic carbocycles. The van der Waals surface area contributed by atoms with Crippen LogP contribution in [0.15, 0.2) is 72.8 Å². The third kappa shape index (κ3) is 9.13. The highest BCUT2D eigenvalue weighted by atomic mass is 16.5. The van der Waals surface area contributed by atoms with Crippen LogP contribution in [0.25, 0.3) is 0 Å². The molecule has 8 aliphatic rings. The Hall–Kier alpha value is -8.24. The number of hydrogen-bond acceptors (Lipinski definition) is 8. The van der Waals surface area contributed by atoms with Crippen LogP contribution >= 0.6 is 0 Å². The molecule has 8 bridgehead atoms. The fourth-order valence-corrected chi connectivity index (χ4v) is 16.5. The molecule has 0 aliphatic heterocycles. The summed E-state index contributed by atoms with van der Waals surface area (Å²) in [4.78, 5) is 0. The van der Waals surface area contributed by atoms with Crippen molar-refractivity contribution in [3.63, 3.8) is 0 Å². The van der Waals surface area contributed by atoms with E-state index >= 15 is 0 Å². The highest BCUT2D eigenvalue weighted by Crippen LogP contribution is 2.86. The predicted molar refractivity (Wildman–Crippen MR) is 294 cm³/mol. The van der Waals surface area contributed by atoms with Gasteiger partial charge in [-0.25, -0.2) is 0 Å². The van der Waals surface area contributed by atoms with Gasteiger partial charge in [-0.2, -0.15) is 0 Å². The maximum absolute atomic E-state index is 6.79. The Kier molecular flexibility index (Phi) is 14.8. The molecule has 382 valence electrons. The smallest absolute Gasteiger partial charge is 0.148 e. The van der Waals surface area contributed by atoms with E-state index in [2.05, 4.69) is 71.6 Å². The van der Waals surface area contributed by atoms with E-state index in [1.165, 1.54) is 19.3 Å². The van der Waals surface area contributed by atoms with Crippen molar-refractivity contribution in [1.29, 1.82) is 0 Å². The van der Waals surface area contributed by atoms with Crippen molar-refractivity contribution in [1.82, 2.24) is 0 Å². The summed E-state index contributed by atoms with van der Waals surface area (Å²) in [5.74, 6) is 27.7. The molecule has 8 nitrogen and oxygen atoms in total. The molecule has 0 N–H and O–H groups in total. The fourth-order valence-electron chi connectivity index (χ4n) is 16.5. The van der Waals surface area contributed by atoms with Crippen molar-refractivity contribution >= 4 is 0 Å². The maximum Gasteiger partial charge on any atom is 0.148 e. The van der Waals surface area contributed by atoms with Gasteiger partial charge in [0.1, 0.15) is 98.9 Å². The zero-order chi connectivity index (χ0) is 52.9. The van der Waals surface area contributed by atoms with E-state index in [1.807, 2.05) is 48.5 Å². The van der Waals surface area contributed by atoms with Gasteiger partial charge < -0.3 is 37.9 Å². The second-order valence-corrected chi connectivity index (χ2v) is 21.6. The summed E-state index contributed by atoms with van der Waals surface area (Å²) in [6.45, 7) is 0.566. The van der Waals surface area contributed by atoms with Gasteiger partial charge in [-0.15, -0.1) is 51.4 Å². The normalized spacial score (nSPS) is 28.5. The van der Waals surface area contributed by atoms with Crippen molar-refractivity contribution in [2.24, 2.45) is 40.4 Å². The first-order valence-electron chi connectivity index (χ1n) is 26.3. The highest BCUT2D eigenvalue weighted by Gasteiger charge is 2.77. The van der Waals surface area contributed by atoms with Gasteiger partial charge in [-0.05, 0) is 157 Å². The maximum atomic E-state index is 6.79. The van der Waals surface area contributed by atoms with Crippen LogP contribution in [0.1, 0.15) is 97.8 Å². The second kappa shape index (κ2) is 21.9. The van der Waals surface area contributed by atoms with E-state index in [9.17, 15) is 0 Å². The van der Waals surface area contributed by atoms with E-state index in [0.717, 1.165) is 60.8 Å². The monoisotopic (exact) mass is 1010 g/mol. The average molecular weight is 1010 g/mol. The molecule has 4 unspecified atom stereocenters. The molecular weight excluding hydrogens is 945 g/mol. The van der Waals surface area contributed by atoms with Gasteiger partial charge in [0.2, 0.25) is 0 Å². The zero-order valence-electron chi connectivity index (χ0n) is 43.0. The van der Waals surface area contributed by atoms with Crippen LogP contribution in [0.5, 0.6) is 46.0 Å². The summed E-state index contributed by atoms with van der Waals surface area (Å²) >= 11 is 0. The van der Waals surface area contributed by atoms with Crippen molar-refractivity contribution in [3.8, 4) is 145 Å². The van der Waals surface area contributed by atoms with Crippen molar-refractivity contribution in [3.05, 3.63) is 95.1 Å². The molecule has 4 aromatic carbocycles. The van der Waals surface area contributed by atoms with Gasteiger partial charge in [-0.3, -0.25) is 0 Å². The molecular formula is C68H62O8. The van der Waals surface area contributed by atoms with E-state index in [4.69, 9.17) is 89.3 Å². The molecule has 0 heterocycles. The fraction of sp³-hybridized carbons (Fsp3) is 0.412. The number of benzene rings is 4. The Balaban J connectivity index is 1.33. The Bertz CT molecular complexity index is 3060. The Morgan fingerprint density at radius 3 is 1.11 bits per heavy atom. The van der Waals surface area contributed by atoms with Crippen LogP contribution < -0.4 is 37.9 Å². The summed E-state index contributed by atoms with van der Waals surface area (Å²) < 4.78 is 51.4. The van der Waals surface area contributed by atoms with Crippen LogP contribution in [0.4, 0.5) is 0 Å². The van der Waals surface area contributed by atoms with Crippen molar-refractivity contribution < 1.29 is 37.9 Å². The van der Waals surface area contributed by atoms with Gasteiger partial charge in [-0.1, -0.05) is 71.6 Å². The van der Waals surface area contributed by atoms with Gasteiger partial charge in [0, 0.05) is 35.2 Å². The zero-order valence-corrected chi connectivity index (χ0v) is 43.0. The lowest BCUT2D eigenvalue weighted by Crippen LogP contribution is -2.71. The van der Waals surface area contributed by atoms with E-state index in [1.54, 1.807) is 0 Å². The first kappa shape index (κ1) is 51.3. The summed E-state index contributed by atoms with van der Waals surface area (Å²) in [5.41, 5.74) is 3.15. The molecule has 0 aromatic heterocycles. The second-order valence-electron chi connectivity index (χ2n) is 21.6. The molecule has 4 aromatic rings. The predicted octanol–water partition coefficient (Wildman–Crippen LogP) is 11.0. The minimum atomic E-state index is -0.492. The van der Waals surface area contributed by atoms with E-state index in [0.29, 0.717) is 63.7 Å². The Morgan fingerprint density at radius 1 is 0.382 bits per heavy atom. The van der Waals surface area contributed by atoms with Crippen molar-refractivity contribution in [2.75, 3.05) is 52.9 Å². The lowest BCUT2D eigenvalue weighted by Gasteiger charge is -2.79. The molecule has 76 heavy (non-hydrogen) atoms. The molecule has 4 atom stereocenters. The molecule has 0 radical (unpaired) electrons. The highest BCUT2D eigenvalue weighted by molar-refractivity contribution is 5.58. The van der Waals surface area contributed by atoms with E-state index < -0.39 is 10.8 Å². The third-order valence-corrected chi connectivity index (χ3v) is 17.8. The first-order chi connectivity index (χ1) is 37.2. The summed E-state index contributed by atoms with van der Waals surface area (Å²) in [6.07, 6.45) is 56.4. The van der Waals surface area contributed by atoms with Gasteiger partial charge in [0.25, 0.3) is 0 Å². The first-order valence-corrected chi connectivity index (χ1v) is 26.3. The number of hydrogen-bond donors (Lipinski definition) is 0. The minimum Gasteiger partial charge on any atom is -0.481 e. The summed E-state index contributed by atoms with van der Waals surface area (Å²) in [5, 5.41) is 0. The summed E-state index contributed by atoms with van der Waals surface area (Å²) in [6, 6.07) is 24.7. The number of ether oxygens (including phenoxy) is 8. The third-order valence-electron chi connectivity index (χ3n) is 17.8. The molecule has 8 saturated carbocycles. The van der Waals surface area contributed by atoms with Gasteiger partial charge in [0.15, 0.2) is 0 Å². The molecule has 12 rings (SSSR count). The molecule has 8 heteroatoms. The lowest BCUT2D eigenvalue weighted by atomic mass is 9.25. The number of rotatable bonds is 21. The van der Waals surface area contributed by atoms with Gasteiger partial charge in [0.05, 0.1) is 0 Å². The molecule has 8 fully saturated rings. The number of terminal acetylenes is 8. The standard InChI is InChI=1S/C68H62O8/c1-9-25-69-49-17-21-53(59(36-49)73-29-13-5)63-56-43-66(58-24-20-52(72-28-12-4)39-62(58)76-32-16-8)44-57(63)65(55-23-19-51(71-27-11-3)38-61(55)75-31-15-7)68(45-66,67-40-46-33-47(41-67)35-48(34-46)42-67)64(56)54-22-18-50(70-26-10-2)37-60(54)74-30-14-6/h1-8,17-24,36-39,46-48,56-57,63-65H,25-35,40-45H2. The summed E-state index contributed by atoms with van der Waals surface area (Å²) in [7, 11) is 0. The SMILES string of the molecule is C#CCOc1ccc(C2C3CC4(c5ccc(OCC#C)cc5OCC#C)CC2C(c2ccc(OCC#C)cc2OCC#C)C(C25CC6CC(CC(C6)C2)C5)(C4)C3c2ccc(OCC#C)cc2OCC#C)c(OCC#C)c1. The topological polar surface area (TPSA) is 73.8 Å². The Morgan fingerprint density at radius 2 is 0.711 bits per heavy atom. The quantitative estimate of drug-likeness (QED) is 0.0765. The average Bonchev–Trinajstić information content (AvgIpc) is 3.48. The van der Waals surface area contributed by atoms with Crippen molar-refractivity contribution in [2.45, 2.75) is 81.0 Å². The molecule has 0 saturated heterocycles. The van der Waals surface area contributed by atoms with E-state index in [-0.39, 0.29) is 87.9 Å². The van der Waals surface area contributed by atoms with Crippen LogP contribution in [-0.4, -0.2) is 52.9 Å². The van der Waals surface area contributed by atoms with Crippen LogP contribution in [0.3, 0.4) is 0 Å².